The minimum Gasteiger partial charge on any atom is -0.294 e. The lowest BCUT2D eigenvalue weighted by Crippen LogP contribution is -2.24. The van der Waals surface area contributed by atoms with Gasteiger partial charge in [0.05, 0.1) is 5.92 Å². The highest BCUT2D eigenvalue weighted by molar-refractivity contribution is 5.94. The summed E-state index contributed by atoms with van der Waals surface area (Å²) in [4.78, 5) is 25.1. The van der Waals surface area contributed by atoms with Crippen molar-refractivity contribution in [2.24, 2.45) is 0 Å². The van der Waals surface area contributed by atoms with Gasteiger partial charge in [0.1, 0.15) is 0 Å². The topological polar surface area (TPSA) is 67.8 Å². The molecule has 5 nitrogen and oxygen atoms in total. The van der Waals surface area contributed by atoms with Crippen LogP contribution in [0.15, 0.2) is 73.2 Å². The molecule has 0 aliphatic heterocycles. The monoisotopic (exact) mass is 304 g/mol. The number of carbonyl (C=O) groups excluding carboxylic acids is 1. The summed E-state index contributed by atoms with van der Waals surface area (Å²) >= 11 is 0. The van der Waals surface area contributed by atoms with Crippen LogP contribution < -0.4 is 5.32 Å². The van der Waals surface area contributed by atoms with E-state index in [1.807, 2.05) is 48.5 Å². The maximum Gasteiger partial charge on any atom is 0.234 e. The Morgan fingerprint density at radius 3 is 2.26 bits per heavy atom. The van der Waals surface area contributed by atoms with E-state index in [1.54, 1.807) is 24.7 Å². The third kappa shape index (κ3) is 3.97. The Kier molecular flexibility index (Phi) is 4.69. The van der Waals surface area contributed by atoms with Gasteiger partial charge in [0.15, 0.2) is 0 Å². The molecule has 1 N–H and O–H groups in total. The van der Waals surface area contributed by atoms with Crippen LogP contribution in [0.4, 0.5) is 5.95 Å². The van der Waals surface area contributed by atoms with E-state index in [0.717, 1.165) is 11.3 Å². The second kappa shape index (κ2) is 7.26. The van der Waals surface area contributed by atoms with Gasteiger partial charge in [-0.05, 0) is 23.8 Å². The van der Waals surface area contributed by atoms with Crippen LogP contribution in [-0.2, 0) is 11.2 Å². The number of amides is 1. The average Bonchev–Trinajstić information content (AvgIpc) is 2.62. The van der Waals surface area contributed by atoms with Gasteiger partial charge in [-0.2, -0.15) is 0 Å². The molecule has 0 radical (unpaired) electrons. The molecule has 114 valence electrons. The highest BCUT2D eigenvalue weighted by Crippen LogP contribution is 2.21. The van der Waals surface area contributed by atoms with Crippen molar-refractivity contribution in [2.45, 2.75) is 12.3 Å². The first-order valence-electron chi connectivity index (χ1n) is 7.35. The Morgan fingerprint density at radius 2 is 1.57 bits per heavy atom. The number of hydrogen-bond acceptors (Lipinski definition) is 4. The van der Waals surface area contributed by atoms with Crippen molar-refractivity contribution in [3.8, 4) is 0 Å². The van der Waals surface area contributed by atoms with Crippen molar-refractivity contribution in [2.75, 3.05) is 5.32 Å². The third-order valence-corrected chi connectivity index (χ3v) is 3.46. The summed E-state index contributed by atoms with van der Waals surface area (Å²) in [5.41, 5.74) is 1.80. The van der Waals surface area contributed by atoms with Gasteiger partial charge in [0.25, 0.3) is 0 Å². The van der Waals surface area contributed by atoms with E-state index < -0.39 is 0 Å². The number of nitrogens with zero attached hydrogens (tertiary/aromatic N) is 3. The molecule has 3 rings (SSSR count). The summed E-state index contributed by atoms with van der Waals surface area (Å²) in [5.74, 6) is -0.192. The van der Waals surface area contributed by atoms with E-state index >= 15 is 0 Å². The van der Waals surface area contributed by atoms with E-state index in [9.17, 15) is 4.79 Å². The van der Waals surface area contributed by atoms with Crippen LogP contribution in [0.2, 0.25) is 0 Å². The molecular formula is C18H16N4O. The first kappa shape index (κ1) is 14.8. The van der Waals surface area contributed by atoms with Gasteiger partial charge in [-0.15, -0.1) is 0 Å². The summed E-state index contributed by atoms with van der Waals surface area (Å²) in [6, 6.07) is 17.1. The van der Waals surface area contributed by atoms with Crippen LogP contribution in [-0.4, -0.2) is 20.9 Å². The zero-order chi connectivity index (χ0) is 15.9. The second-order valence-electron chi connectivity index (χ2n) is 5.05. The lowest BCUT2D eigenvalue weighted by atomic mass is 9.93. The second-order valence-corrected chi connectivity index (χ2v) is 5.05. The van der Waals surface area contributed by atoms with Gasteiger partial charge in [-0.3, -0.25) is 15.1 Å². The summed E-state index contributed by atoms with van der Waals surface area (Å²) in [7, 11) is 0. The molecule has 1 unspecified atom stereocenters. The normalized spacial score (nSPS) is 11.7. The van der Waals surface area contributed by atoms with Crippen LogP contribution in [0.3, 0.4) is 0 Å². The van der Waals surface area contributed by atoms with Gasteiger partial charge in [0.2, 0.25) is 11.9 Å². The number of pyridine rings is 1. The van der Waals surface area contributed by atoms with E-state index in [-0.39, 0.29) is 11.8 Å². The summed E-state index contributed by atoms with van der Waals surface area (Å²) in [6.07, 6.45) is 5.44. The number of rotatable bonds is 5. The molecule has 0 aliphatic carbocycles. The maximum absolute atomic E-state index is 12.7. The van der Waals surface area contributed by atoms with Gasteiger partial charge in [-0.1, -0.05) is 36.4 Å². The maximum atomic E-state index is 12.7. The van der Waals surface area contributed by atoms with E-state index in [4.69, 9.17) is 0 Å². The number of carbonyl (C=O) groups is 1. The Balaban J connectivity index is 1.84. The van der Waals surface area contributed by atoms with E-state index in [1.165, 1.54) is 0 Å². The average molecular weight is 304 g/mol. The van der Waals surface area contributed by atoms with Gasteiger partial charge in [-0.25, -0.2) is 9.97 Å². The summed E-state index contributed by atoms with van der Waals surface area (Å²) in [6.45, 7) is 0. The first-order valence-corrected chi connectivity index (χ1v) is 7.35. The van der Waals surface area contributed by atoms with Gasteiger partial charge >= 0.3 is 0 Å². The molecule has 0 fully saturated rings. The molecule has 0 bridgehead atoms. The molecule has 0 spiro atoms. The zero-order valence-electron chi connectivity index (χ0n) is 12.5. The first-order chi connectivity index (χ1) is 11.3. The Hall–Kier alpha value is -3.08. The lowest BCUT2D eigenvalue weighted by Gasteiger charge is -2.16. The highest BCUT2D eigenvalue weighted by Gasteiger charge is 2.22. The number of nitrogens with one attached hydrogen (secondary N) is 1. The Bertz CT molecular complexity index is 748. The van der Waals surface area contributed by atoms with Crippen LogP contribution in [0.5, 0.6) is 0 Å². The van der Waals surface area contributed by atoms with Crippen molar-refractivity contribution >= 4 is 11.9 Å². The minimum atomic E-state index is -0.352. The van der Waals surface area contributed by atoms with Crippen molar-refractivity contribution in [3.63, 3.8) is 0 Å². The fraction of sp³-hybridized carbons (Fsp3) is 0.111. The quantitative estimate of drug-likeness (QED) is 0.787. The molecule has 23 heavy (non-hydrogen) atoms. The Labute approximate surface area is 134 Å². The van der Waals surface area contributed by atoms with Crippen LogP contribution in [0.25, 0.3) is 0 Å². The molecule has 0 saturated carbocycles. The molecule has 3 aromatic rings. The highest BCUT2D eigenvalue weighted by atomic mass is 16.2. The molecule has 2 heterocycles. The predicted octanol–water partition coefficient (Wildman–Crippen LogP) is 2.84. The fourth-order valence-corrected chi connectivity index (χ4v) is 2.34. The van der Waals surface area contributed by atoms with Crippen molar-refractivity contribution in [1.29, 1.82) is 0 Å². The Morgan fingerprint density at radius 1 is 0.870 bits per heavy atom. The zero-order valence-corrected chi connectivity index (χ0v) is 12.5. The van der Waals surface area contributed by atoms with Gasteiger partial charge in [0, 0.05) is 30.7 Å². The van der Waals surface area contributed by atoms with Crippen LogP contribution in [0.1, 0.15) is 17.2 Å². The van der Waals surface area contributed by atoms with Crippen molar-refractivity contribution < 1.29 is 4.79 Å². The third-order valence-electron chi connectivity index (χ3n) is 3.46. The van der Waals surface area contributed by atoms with Crippen LogP contribution in [0, 0.1) is 0 Å². The number of anilines is 1. The molecule has 1 amide bonds. The minimum absolute atomic E-state index is 0.145. The largest absolute Gasteiger partial charge is 0.294 e. The van der Waals surface area contributed by atoms with E-state index in [0.29, 0.717) is 12.4 Å². The number of hydrogen-bond donors (Lipinski definition) is 1. The molecule has 0 aliphatic rings. The summed E-state index contributed by atoms with van der Waals surface area (Å²) < 4.78 is 0. The van der Waals surface area contributed by atoms with E-state index in [2.05, 4.69) is 20.3 Å². The molecular weight excluding hydrogens is 288 g/mol. The fourth-order valence-electron chi connectivity index (χ4n) is 2.34. The SMILES string of the molecule is O=C(Nc1ncccn1)C(Cc1ccccn1)c1ccccc1. The number of benzene rings is 1. The predicted molar refractivity (Wildman–Crippen MR) is 87.8 cm³/mol. The molecule has 1 aromatic carbocycles. The lowest BCUT2D eigenvalue weighted by molar-refractivity contribution is -0.117. The molecule has 1 atom stereocenters. The van der Waals surface area contributed by atoms with Crippen molar-refractivity contribution in [1.82, 2.24) is 15.0 Å². The van der Waals surface area contributed by atoms with Crippen molar-refractivity contribution in [3.05, 3.63) is 84.4 Å². The van der Waals surface area contributed by atoms with Crippen LogP contribution >= 0.6 is 0 Å². The molecule has 0 saturated heterocycles. The van der Waals surface area contributed by atoms with Gasteiger partial charge < -0.3 is 0 Å². The number of aromatic nitrogens is 3. The standard InChI is InChI=1S/C18H16N4O/c23-17(22-18-20-11-6-12-21-18)16(14-7-2-1-3-8-14)13-15-9-4-5-10-19-15/h1-12,16H,13H2,(H,20,21,22,23). The summed E-state index contributed by atoms with van der Waals surface area (Å²) in [5, 5.41) is 2.77. The molecule has 5 heteroatoms. The molecule has 2 aromatic heterocycles. The smallest absolute Gasteiger partial charge is 0.234 e.